The number of oxime groups is 1. The minimum absolute atomic E-state index is 0.0735. The Kier molecular flexibility index (Phi) is 4.61. The van der Waals surface area contributed by atoms with Gasteiger partial charge in [-0.2, -0.15) is 13.2 Å². The first kappa shape index (κ1) is 16.8. The van der Waals surface area contributed by atoms with Gasteiger partial charge in [-0.3, -0.25) is 0 Å². The van der Waals surface area contributed by atoms with Gasteiger partial charge in [0.25, 0.3) is 0 Å². The molecule has 0 bridgehead atoms. The van der Waals surface area contributed by atoms with Crippen LogP contribution in [0.15, 0.2) is 71.9 Å². The fourth-order valence-electron chi connectivity index (χ4n) is 2.49. The topological polar surface area (TPSA) is 41.8 Å². The number of benzene rings is 3. The number of ether oxygens (including phenoxy) is 1. The van der Waals surface area contributed by atoms with Gasteiger partial charge in [0, 0.05) is 10.9 Å². The number of rotatable bonds is 4. The predicted molar refractivity (Wildman–Crippen MR) is 89.2 cm³/mol. The van der Waals surface area contributed by atoms with Crippen LogP contribution in [0, 0.1) is 0 Å². The lowest BCUT2D eigenvalue weighted by Gasteiger charge is -2.11. The predicted octanol–water partition coefficient (Wildman–Crippen LogP) is 5.12. The van der Waals surface area contributed by atoms with Crippen LogP contribution in [0.1, 0.15) is 11.1 Å². The molecule has 25 heavy (non-hydrogen) atoms. The number of halogens is 3. The molecule has 0 unspecified atom stereocenters. The van der Waals surface area contributed by atoms with Crippen LogP contribution in [0.3, 0.4) is 0 Å². The van der Waals surface area contributed by atoms with Crippen molar-refractivity contribution < 1.29 is 23.1 Å². The zero-order chi connectivity index (χ0) is 17.9. The summed E-state index contributed by atoms with van der Waals surface area (Å²) in [5.41, 5.74) is -0.263. The van der Waals surface area contributed by atoms with Crippen molar-refractivity contribution in [2.45, 2.75) is 6.18 Å². The van der Waals surface area contributed by atoms with Crippen LogP contribution >= 0.6 is 0 Å². The highest BCUT2D eigenvalue weighted by Gasteiger charge is 2.30. The summed E-state index contributed by atoms with van der Waals surface area (Å²) in [6.07, 6.45) is -4.41. The third kappa shape index (κ3) is 3.74. The van der Waals surface area contributed by atoms with E-state index in [-0.39, 0.29) is 12.3 Å². The van der Waals surface area contributed by atoms with E-state index in [2.05, 4.69) is 5.16 Å². The number of hydrogen-bond donors (Lipinski definition) is 1. The molecule has 0 spiro atoms. The van der Waals surface area contributed by atoms with Crippen molar-refractivity contribution in [1.82, 2.24) is 0 Å². The summed E-state index contributed by atoms with van der Waals surface area (Å²) in [5, 5.41) is 14.2. The maximum absolute atomic E-state index is 12.6. The molecule has 6 heteroatoms. The van der Waals surface area contributed by atoms with E-state index >= 15 is 0 Å². The van der Waals surface area contributed by atoms with Gasteiger partial charge in [0.15, 0.2) is 0 Å². The van der Waals surface area contributed by atoms with E-state index in [0.29, 0.717) is 11.3 Å². The third-order valence-electron chi connectivity index (χ3n) is 3.78. The number of fused-ring (bicyclic) bond motifs is 1. The number of hydrogen-bond acceptors (Lipinski definition) is 3. The second kappa shape index (κ2) is 6.84. The normalized spacial score (nSPS) is 12.4. The fraction of sp³-hybridized carbons (Fsp3) is 0.105. The largest absolute Gasteiger partial charge is 0.486 e. The summed E-state index contributed by atoms with van der Waals surface area (Å²) in [7, 11) is 0. The van der Waals surface area contributed by atoms with E-state index in [0.717, 1.165) is 22.9 Å². The molecule has 3 rings (SSSR count). The highest BCUT2D eigenvalue weighted by molar-refractivity contribution is 6.01. The number of nitrogens with zero attached hydrogens (tertiary/aromatic N) is 1. The standard InChI is InChI=1S/C19H14F3NO2/c20-19(21,22)15-10-8-14(9-11-15)17(23-24)12-25-18-7-3-5-13-4-1-2-6-16(13)18/h1-11,24H,12H2/b23-17+. The molecule has 0 aliphatic heterocycles. The first-order chi connectivity index (χ1) is 12.0. The van der Waals surface area contributed by atoms with Crippen molar-refractivity contribution in [1.29, 1.82) is 0 Å². The summed E-state index contributed by atoms with van der Waals surface area (Å²) in [6, 6.07) is 17.6. The van der Waals surface area contributed by atoms with Gasteiger partial charge in [-0.1, -0.05) is 53.7 Å². The van der Waals surface area contributed by atoms with Gasteiger partial charge in [0.1, 0.15) is 18.1 Å². The van der Waals surface area contributed by atoms with E-state index in [9.17, 15) is 18.4 Å². The first-order valence-electron chi connectivity index (χ1n) is 7.48. The van der Waals surface area contributed by atoms with Gasteiger partial charge in [0.2, 0.25) is 0 Å². The fourth-order valence-corrected chi connectivity index (χ4v) is 2.49. The zero-order valence-corrected chi connectivity index (χ0v) is 13.0. The van der Waals surface area contributed by atoms with Crippen LogP contribution in [0.5, 0.6) is 5.75 Å². The third-order valence-corrected chi connectivity index (χ3v) is 3.78. The molecular formula is C19H14F3NO2. The molecule has 0 aliphatic rings. The Hall–Kier alpha value is -3.02. The Labute approximate surface area is 142 Å². The second-order valence-corrected chi connectivity index (χ2v) is 5.39. The quantitative estimate of drug-likeness (QED) is 0.405. The first-order valence-corrected chi connectivity index (χ1v) is 7.48. The smallest absolute Gasteiger partial charge is 0.416 e. The summed E-state index contributed by atoms with van der Waals surface area (Å²) in [4.78, 5) is 0. The Morgan fingerprint density at radius 2 is 1.60 bits per heavy atom. The molecule has 3 aromatic carbocycles. The molecular weight excluding hydrogens is 331 g/mol. The minimum atomic E-state index is -4.41. The van der Waals surface area contributed by atoms with E-state index in [1.807, 2.05) is 36.4 Å². The molecule has 0 radical (unpaired) electrons. The molecule has 3 aromatic rings. The Morgan fingerprint density at radius 3 is 2.28 bits per heavy atom. The Bertz CT molecular complexity index is 897. The SMILES string of the molecule is O/N=C(\COc1cccc2ccccc12)c1ccc(C(F)(F)F)cc1. The van der Waals surface area contributed by atoms with Gasteiger partial charge in [-0.15, -0.1) is 0 Å². The van der Waals surface area contributed by atoms with Crippen molar-refractivity contribution in [3.05, 3.63) is 77.9 Å². The van der Waals surface area contributed by atoms with Crippen LogP contribution in [0.2, 0.25) is 0 Å². The molecule has 0 saturated heterocycles. The maximum Gasteiger partial charge on any atom is 0.416 e. The van der Waals surface area contributed by atoms with Crippen LogP contribution in [0.4, 0.5) is 13.2 Å². The highest BCUT2D eigenvalue weighted by Crippen LogP contribution is 2.29. The van der Waals surface area contributed by atoms with Crippen molar-refractivity contribution in [2.24, 2.45) is 5.16 Å². The van der Waals surface area contributed by atoms with Crippen molar-refractivity contribution in [3.63, 3.8) is 0 Å². The lowest BCUT2D eigenvalue weighted by Crippen LogP contribution is -2.14. The molecule has 0 atom stereocenters. The average molecular weight is 345 g/mol. The number of alkyl halides is 3. The molecule has 1 N–H and O–H groups in total. The Balaban J connectivity index is 1.79. The summed E-state index contributed by atoms with van der Waals surface area (Å²) < 4.78 is 43.6. The molecule has 3 nitrogen and oxygen atoms in total. The molecule has 0 heterocycles. The summed E-state index contributed by atoms with van der Waals surface area (Å²) in [6.45, 7) is -0.0735. The molecule has 0 amide bonds. The lowest BCUT2D eigenvalue weighted by molar-refractivity contribution is -0.137. The van der Waals surface area contributed by atoms with Gasteiger partial charge in [0.05, 0.1) is 5.56 Å². The van der Waals surface area contributed by atoms with E-state index in [1.54, 1.807) is 6.07 Å². The van der Waals surface area contributed by atoms with Crippen molar-refractivity contribution in [3.8, 4) is 5.75 Å². The van der Waals surface area contributed by atoms with Gasteiger partial charge in [-0.25, -0.2) is 0 Å². The van der Waals surface area contributed by atoms with E-state index in [1.165, 1.54) is 12.1 Å². The van der Waals surface area contributed by atoms with Crippen LogP contribution in [-0.2, 0) is 6.18 Å². The summed E-state index contributed by atoms with van der Waals surface area (Å²) in [5.74, 6) is 0.603. The Morgan fingerprint density at radius 1 is 0.920 bits per heavy atom. The van der Waals surface area contributed by atoms with Crippen LogP contribution in [-0.4, -0.2) is 17.5 Å². The minimum Gasteiger partial charge on any atom is -0.486 e. The monoisotopic (exact) mass is 345 g/mol. The van der Waals surface area contributed by atoms with Crippen LogP contribution in [0.25, 0.3) is 10.8 Å². The van der Waals surface area contributed by atoms with E-state index < -0.39 is 11.7 Å². The zero-order valence-electron chi connectivity index (χ0n) is 13.0. The van der Waals surface area contributed by atoms with Gasteiger partial charge >= 0.3 is 6.18 Å². The van der Waals surface area contributed by atoms with Crippen molar-refractivity contribution >= 4 is 16.5 Å². The maximum atomic E-state index is 12.6. The second-order valence-electron chi connectivity index (χ2n) is 5.39. The van der Waals surface area contributed by atoms with Gasteiger partial charge in [-0.05, 0) is 23.6 Å². The lowest BCUT2D eigenvalue weighted by atomic mass is 10.1. The summed E-state index contributed by atoms with van der Waals surface area (Å²) >= 11 is 0. The molecule has 0 aliphatic carbocycles. The van der Waals surface area contributed by atoms with E-state index in [4.69, 9.17) is 4.74 Å². The highest BCUT2D eigenvalue weighted by atomic mass is 19.4. The molecule has 0 aromatic heterocycles. The molecule has 0 fully saturated rings. The van der Waals surface area contributed by atoms with Crippen molar-refractivity contribution in [2.75, 3.05) is 6.61 Å². The average Bonchev–Trinajstić information content (AvgIpc) is 2.62. The van der Waals surface area contributed by atoms with Crippen LogP contribution < -0.4 is 4.74 Å². The molecule has 0 saturated carbocycles. The van der Waals surface area contributed by atoms with Gasteiger partial charge < -0.3 is 9.94 Å². The molecule has 128 valence electrons.